The van der Waals surface area contributed by atoms with E-state index in [1.807, 2.05) is 13.8 Å². The van der Waals surface area contributed by atoms with Gasteiger partial charge in [-0.3, -0.25) is 4.57 Å². The molecule has 0 radical (unpaired) electrons. The van der Waals surface area contributed by atoms with Gasteiger partial charge < -0.3 is 9.05 Å². The van der Waals surface area contributed by atoms with Crippen molar-refractivity contribution in [3.05, 3.63) is 0 Å². The Hall–Kier alpha value is 1.02. The van der Waals surface area contributed by atoms with Gasteiger partial charge in [-0.15, -0.1) is 0 Å². The molecule has 0 rings (SSSR count). The number of rotatable bonds is 6. The lowest BCUT2D eigenvalue weighted by Crippen LogP contribution is -2.11. The van der Waals surface area contributed by atoms with Gasteiger partial charge in [-0.2, -0.15) is 0 Å². The third-order valence-electron chi connectivity index (χ3n) is 1.24. The molecule has 0 saturated carbocycles. The fraction of sp³-hybridized carbons (Fsp3) is 1.00. The number of hydrogen-bond donors (Lipinski definition) is 0. The lowest BCUT2D eigenvalue weighted by atomic mass is 10.5. The minimum Gasteiger partial charge on any atom is -0.306 e. The van der Waals surface area contributed by atoms with E-state index >= 15 is 0 Å². The molecule has 0 heterocycles. The van der Waals surface area contributed by atoms with Crippen molar-refractivity contribution in [3.8, 4) is 0 Å². The molecular formula is C7H14Cl3O3P. The topological polar surface area (TPSA) is 35.5 Å². The van der Waals surface area contributed by atoms with Crippen LogP contribution in [0.1, 0.15) is 26.7 Å². The second kappa shape index (κ2) is 6.57. The Morgan fingerprint density at radius 3 is 1.64 bits per heavy atom. The van der Waals surface area contributed by atoms with Crippen LogP contribution in [0, 0.1) is 0 Å². The highest BCUT2D eigenvalue weighted by molar-refractivity contribution is 7.62. The van der Waals surface area contributed by atoms with Crippen LogP contribution >= 0.6 is 42.4 Å². The van der Waals surface area contributed by atoms with E-state index in [-0.39, 0.29) is 13.2 Å². The first-order valence-corrected chi connectivity index (χ1v) is 7.01. The van der Waals surface area contributed by atoms with Crippen LogP contribution in [0.2, 0.25) is 0 Å². The summed E-state index contributed by atoms with van der Waals surface area (Å²) >= 11 is 16.6. The van der Waals surface area contributed by atoms with Gasteiger partial charge in [0.1, 0.15) is 0 Å². The maximum absolute atomic E-state index is 11.9. The van der Waals surface area contributed by atoms with Gasteiger partial charge in [0, 0.05) is 0 Å². The van der Waals surface area contributed by atoms with E-state index in [0.717, 1.165) is 0 Å². The van der Waals surface area contributed by atoms with Gasteiger partial charge in [0.25, 0.3) is 3.53 Å². The SMILES string of the molecule is CCCOP(=O)(OCCC)C(Cl)(Cl)Cl. The summed E-state index contributed by atoms with van der Waals surface area (Å²) in [6.07, 6.45) is 1.36. The third-order valence-corrected chi connectivity index (χ3v) is 4.77. The molecule has 0 amide bonds. The van der Waals surface area contributed by atoms with Crippen LogP contribution in [-0.4, -0.2) is 16.7 Å². The molecular weight excluding hydrogens is 269 g/mol. The standard InChI is InChI=1S/C7H14Cl3O3P/c1-3-5-12-14(11,7(8,9)10)13-6-4-2/h3-6H2,1-2H3. The molecule has 14 heavy (non-hydrogen) atoms. The Morgan fingerprint density at radius 2 is 1.43 bits per heavy atom. The Morgan fingerprint density at radius 1 is 1.07 bits per heavy atom. The Labute approximate surface area is 99.5 Å². The van der Waals surface area contributed by atoms with Crippen molar-refractivity contribution in [2.75, 3.05) is 13.2 Å². The summed E-state index contributed by atoms with van der Waals surface area (Å²) in [5, 5.41) is 0. The zero-order valence-corrected chi connectivity index (χ0v) is 11.3. The molecule has 0 aliphatic heterocycles. The van der Waals surface area contributed by atoms with Crippen LogP contribution in [0.25, 0.3) is 0 Å². The predicted molar refractivity (Wildman–Crippen MR) is 60.4 cm³/mol. The monoisotopic (exact) mass is 282 g/mol. The zero-order chi connectivity index (χ0) is 11.2. The highest BCUT2D eigenvalue weighted by Crippen LogP contribution is 2.66. The Kier molecular flexibility index (Phi) is 7.05. The van der Waals surface area contributed by atoms with Crippen LogP contribution in [0.3, 0.4) is 0 Å². The number of hydrogen-bond acceptors (Lipinski definition) is 3. The van der Waals surface area contributed by atoms with E-state index < -0.39 is 11.1 Å². The van der Waals surface area contributed by atoms with Crippen LogP contribution < -0.4 is 0 Å². The highest BCUT2D eigenvalue weighted by atomic mass is 35.6. The molecule has 0 spiro atoms. The lowest BCUT2D eigenvalue weighted by Gasteiger charge is -2.23. The molecule has 86 valence electrons. The molecule has 0 aliphatic carbocycles. The summed E-state index contributed by atoms with van der Waals surface area (Å²) in [6, 6.07) is 0. The first kappa shape index (κ1) is 15.0. The van der Waals surface area contributed by atoms with Gasteiger partial charge in [-0.05, 0) is 12.8 Å². The fourth-order valence-electron chi connectivity index (χ4n) is 0.607. The highest BCUT2D eigenvalue weighted by Gasteiger charge is 2.47. The summed E-state index contributed by atoms with van der Waals surface area (Å²) in [7, 11) is -3.64. The van der Waals surface area contributed by atoms with E-state index in [1.165, 1.54) is 0 Å². The minimum atomic E-state index is -3.64. The molecule has 0 unspecified atom stereocenters. The van der Waals surface area contributed by atoms with Gasteiger partial charge in [0.2, 0.25) is 0 Å². The minimum absolute atomic E-state index is 0.245. The molecule has 0 saturated heterocycles. The molecule has 0 aromatic carbocycles. The predicted octanol–water partition coefficient (Wildman–Crippen LogP) is 4.36. The van der Waals surface area contributed by atoms with E-state index in [9.17, 15) is 4.57 Å². The van der Waals surface area contributed by atoms with Gasteiger partial charge in [0.05, 0.1) is 13.2 Å². The van der Waals surface area contributed by atoms with E-state index in [2.05, 4.69) is 0 Å². The van der Waals surface area contributed by atoms with Crippen molar-refractivity contribution < 1.29 is 13.6 Å². The summed E-state index contributed by atoms with van der Waals surface area (Å²) in [5.41, 5.74) is 0. The van der Waals surface area contributed by atoms with Crippen molar-refractivity contribution in [1.82, 2.24) is 0 Å². The fourth-order valence-corrected chi connectivity index (χ4v) is 2.70. The molecule has 0 aromatic rings. The molecule has 0 bridgehead atoms. The van der Waals surface area contributed by atoms with E-state index in [1.54, 1.807) is 0 Å². The maximum atomic E-state index is 11.9. The molecule has 0 aliphatic rings. The Balaban J connectivity index is 4.43. The van der Waals surface area contributed by atoms with Crippen LogP contribution in [0.4, 0.5) is 0 Å². The summed E-state index contributed by atoms with van der Waals surface area (Å²) in [6.45, 7) is 4.22. The first-order chi connectivity index (χ1) is 6.37. The average molecular weight is 284 g/mol. The molecule has 7 heteroatoms. The maximum Gasteiger partial charge on any atom is 0.381 e. The van der Waals surface area contributed by atoms with E-state index in [4.69, 9.17) is 43.9 Å². The molecule has 0 N–H and O–H groups in total. The summed E-state index contributed by atoms with van der Waals surface area (Å²) < 4.78 is 19.9. The van der Waals surface area contributed by atoms with Crippen molar-refractivity contribution >= 4 is 42.4 Å². The van der Waals surface area contributed by atoms with Crippen molar-refractivity contribution in [1.29, 1.82) is 0 Å². The van der Waals surface area contributed by atoms with Gasteiger partial charge in [-0.1, -0.05) is 48.7 Å². The largest absolute Gasteiger partial charge is 0.381 e. The third kappa shape index (κ3) is 4.69. The second-order valence-electron chi connectivity index (χ2n) is 2.63. The second-order valence-corrected chi connectivity index (χ2v) is 7.89. The summed E-state index contributed by atoms with van der Waals surface area (Å²) in [4.78, 5) is 0. The van der Waals surface area contributed by atoms with Crippen LogP contribution in [0.5, 0.6) is 0 Å². The first-order valence-electron chi connectivity index (χ1n) is 4.33. The van der Waals surface area contributed by atoms with Gasteiger partial charge >= 0.3 is 7.60 Å². The smallest absolute Gasteiger partial charge is 0.306 e. The van der Waals surface area contributed by atoms with Gasteiger partial charge in [-0.25, -0.2) is 0 Å². The number of alkyl halides is 3. The zero-order valence-electron chi connectivity index (χ0n) is 8.13. The van der Waals surface area contributed by atoms with Crippen LogP contribution in [0.15, 0.2) is 0 Å². The van der Waals surface area contributed by atoms with E-state index in [0.29, 0.717) is 12.8 Å². The molecule has 3 nitrogen and oxygen atoms in total. The van der Waals surface area contributed by atoms with Gasteiger partial charge in [0.15, 0.2) is 0 Å². The normalized spacial score (nSPS) is 13.2. The number of halogens is 3. The molecule has 0 fully saturated rings. The van der Waals surface area contributed by atoms with Crippen molar-refractivity contribution in [2.24, 2.45) is 0 Å². The lowest BCUT2D eigenvalue weighted by molar-refractivity contribution is 0.204. The average Bonchev–Trinajstić information content (AvgIpc) is 2.09. The van der Waals surface area contributed by atoms with Crippen LogP contribution in [-0.2, 0) is 13.6 Å². The Bertz CT molecular complexity index is 193. The molecule has 0 aromatic heterocycles. The quantitative estimate of drug-likeness (QED) is 0.536. The van der Waals surface area contributed by atoms with Crippen molar-refractivity contribution in [3.63, 3.8) is 0 Å². The summed E-state index contributed by atoms with van der Waals surface area (Å²) in [5.74, 6) is 0. The van der Waals surface area contributed by atoms with Crippen molar-refractivity contribution in [2.45, 2.75) is 30.2 Å². The molecule has 0 atom stereocenters.